The van der Waals surface area contributed by atoms with Gasteiger partial charge in [0.25, 0.3) is 0 Å². The van der Waals surface area contributed by atoms with Crippen molar-refractivity contribution in [3.63, 3.8) is 0 Å². The molecule has 2 aliphatic rings. The van der Waals surface area contributed by atoms with Crippen LogP contribution in [0.15, 0.2) is 0 Å². The molecule has 0 aromatic rings. The minimum absolute atomic E-state index is 0.0155. The summed E-state index contributed by atoms with van der Waals surface area (Å²) in [6.07, 6.45) is 3.20. The maximum atomic E-state index is 12.0. The zero-order valence-electron chi connectivity index (χ0n) is 10.1. The normalized spacial score (nSPS) is 34.3. The molecule has 1 saturated heterocycles. The van der Waals surface area contributed by atoms with Crippen LogP contribution in [-0.4, -0.2) is 36.9 Å². The van der Waals surface area contributed by atoms with Gasteiger partial charge in [-0.05, 0) is 19.3 Å². The largest absolute Gasteiger partial charge is 0.393 e. The smallest absolute Gasteiger partial charge is 0.224 e. The summed E-state index contributed by atoms with van der Waals surface area (Å²) in [6, 6.07) is -0.0155. The first-order valence-corrected chi connectivity index (χ1v) is 8.42. The molecule has 7 heteroatoms. The lowest BCUT2D eigenvalue weighted by atomic mass is 10.0. The average Bonchev–Trinajstić information content (AvgIpc) is 2.84. The molecule has 0 bridgehead atoms. The Balaban J connectivity index is 1.94. The minimum Gasteiger partial charge on any atom is -0.393 e. The zero-order chi connectivity index (χ0) is 13.3. The van der Waals surface area contributed by atoms with Gasteiger partial charge in [0.2, 0.25) is 5.91 Å². The van der Waals surface area contributed by atoms with E-state index in [1.807, 2.05) is 0 Å². The fourth-order valence-corrected chi connectivity index (χ4v) is 4.80. The Kier molecular flexibility index (Phi) is 3.91. The molecule has 1 aliphatic carbocycles. The molecule has 0 aromatic carbocycles. The van der Waals surface area contributed by atoms with E-state index in [-0.39, 0.29) is 29.4 Å². The van der Waals surface area contributed by atoms with Crippen molar-refractivity contribution in [2.75, 3.05) is 11.5 Å². The van der Waals surface area contributed by atoms with Gasteiger partial charge in [-0.1, -0.05) is 18.6 Å². The molecule has 0 aromatic heterocycles. The Morgan fingerprint density at radius 3 is 2.56 bits per heavy atom. The molecule has 3 unspecified atom stereocenters. The lowest BCUT2D eigenvalue weighted by Crippen LogP contribution is -2.44. The van der Waals surface area contributed by atoms with E-state index in [0.717, 1.165) is 19.3 Å². The van der Waals surface area contributed by atoms with E-state index in [2.05, 4.69) is 5.32 Å². The summed E-state index contributed by atoms with van der Waals surface area (Å²) in [7, 11) is -3.02. The third kappa shape index (κ3) is 3.00. The molecule has 1 saturated carbocycles. The molecule has 1 amide bonds. The number of hydrogen-bond donors (Lipinski definition) is 2. The van der Waals surface area contributed by atoms with Gasteiger partial charge in [0.1, 0.15) is 0 Å². The molecule has 18 heavy (non-hydrogen) atoms. The van der Waals surface area contributed by atoms with Crippen molar-refractivity contribution in [1.82, 2.24) is 5.32 Å². The Morgan fingerprint density at radius 1 is 1.28 bits per heavy atom. The standard InChI is InChI=1S/C11H18N2O3S2/c12-10(17)8-2-1-3-9(8)13-11(14)7-4-5-18(15,16)6-7/h7-9H,1-6H2,(H2,12,17)(H,13,14). The SMILES string of the molecule is NC(=S)C1CCCC1NC(=O)C1CCS(=O)(=O)C1. The first-order valence-electron chi connectivity index (χ1n) is 6.19. The third-order valence-corrected chi connectivity index (χ3v) is 5.88. The predicted octanol–water partition coefficient (Wildman–Crippen LogP) is -0.00790. The van der Waals surface area contributed by atoms with Crippen molar-refractivity contribution in [3.8, 4) is 0 Å². The van der Waals surface area contributed by atoms with E-state index < -0.39 is 15.8 Å². The van der Waals surface area contributed by atoms with Crippen LogP contribution in [0.3, 0.4) is 0 Å². The minimum atomic E-state index is -3.02. The quantitative estimate of drug-likeness (QED) is 0.714. The number of nitrogens with one attached hydrogen (secondary N) is 1. The third-order valence-electron chi connectivity index (χ3n) is 3.81. The average molecular weight is 290 g/mol. The summed E-state index contributed by atoms with van der Waals surface area (Å²) >= 11 is 4.99. The van der Waals surface area contributed by atoms with E-state index in [1.165, 1.54) is 0 Å². The highest BCUT2D eigenvalue weighted by Gasteiger charge is 2.36. The van der Waals surface area contributed by atoms with Crippen molar-refractivity contribution < 1.29 is 13.2 Å². The molecule has 0 spiro atoms. The number of rotatable bonds is 3. The summed E-state index contributed by atoms with van der Waals surface area (Å²) in [4.78, 5) is 12.4. The van der Waals surface area contributed by atoms with Crippen LogP contribution in [-0.2, 0) is 14.6 Å². The summed E-state index contributed by atoms with van der Waals surface area (Å²) < 4.78 is 22.7. The van der Waals surface area contributed by atoms with Crippen LogP contribution in [0.25, 0.3) is 0 Å². The van der Waals surface area contributed by atoms with Gasteiger partial charge in [-0.2, -0.15) is 0 Å². The van der Waals surface area contributed by atoms with Crippen LogP contribution in [0.1, 0.15) is 25.7 Å². The van der Waals surface area contributed by atoms with Crippen molar-refractivity contribution in [1.29, 1.82) is 0 Å². The first kappa shape index (κ1) is 13.7. The second-order valence-electron chi connectivity index (χ2n) is 5.15. The molecule has 102 valence electrons. The van der Waals surface area contributed by atoms with Crippen LogP contribution < -0.4 is 11.1 Å². The molecule has 1 aliphatic heterocycles. The van der Waals surface area contributed by atoms with E-state index in [0.29, 0.717) is 11.4 Å². The number of sulfone groups is 1. The topological polar surface area (TPSA) is 89.3 Å². The maximum absolute atomic E-state index is 12.0. The number of amides is 1. The van der Waals surface area contributed by atoms with E-state index in [9.17, 15) is 13.2 Å². The number of carbonyl (C=O) groups excluding carboxylic acids is 1. The van der Waals surface area contributed by atoms with Crippen molar-refractivity contribution in [2.24, 2.45) is 17.6 Å². The fourth-order valence-electron chi connectivity index (χ4n) is 2.78. The zero-order valence-corrected chi connectivity index (χ0v) is 11.7. The Morgan fingerprint density at radius 2 is 2.00 bits per heavy atom. The van der Waals surface area contributed by atoms with Crippen LogP contribution in [0.5, 0.6) is 0 Å². The molecule has 2 rings (SSSR count). The van der Waals surface area contributed by atoms with Crippen LogP contribution >= 0.6 is 12.2 Å². The van der Waals surface area contributed by atoms with Gasteiger partial charge in [-0.15, -0.1) is 0 Å². The van der Waals surface area contributed by atoms with Crippen LogP contribution in [0.2, 0.25) is 0 Å². The first-order chi connectivity index (χ1) is 8.39. The maximum Gasteiger partial charge on any atom is 0.224 e. The highest BCUT2D eigenvalue weighted by Crippen LogP contribution is 2.27. The Labute approximate surface area is 112 Å². The second-order valence-corrected chi connectivity index (χ2v) is 7.85. The van der Waals surface area contributed by atoms with Gasteiger partial charge < -0.3 is 11.1 Å². The van der Waals surface area contributed by atoms with Crippen molar-refractivity contribution in [3.05, 3.63) is 0 Å². The van der Waals surface area contributed by atoms with Gasteiger partial charge in [-0.25, -0.2) is 8.42 Å². The van der Waals surface area contributed by atoms with E-state index in [4.69, 9.17) is 18.0 Å². The van der Waals surface area contributed by atoms with Gasteiger partial charge in [0.15, 0.2) is 9.84 Å². The Bertz CT molecular complexity index is 461. The summed E-state index contributed by atoms with van der Waals surface area (Å²) in [6.45, 7) is 0. The molecule has 0 radical (unpaired) electrons. The number of hydrogen-bond acceptors (Lipinski definition) is 4. The predicted molar refractivity (Wildman–Crippen MR) is 72.8 cm³/mol. The van der Waals surface area contributed by atoms with E-state index >= 15 is 0 Å². The lowest BCUT2D eigenvalue weighted by molar-refractivity contribution is -0.125. The molecule has 5 nitrogen and oxygen atoms in total. The molecular weight excluding hydrogens is 272 g/mol. The number of carbonyl (C=O) groups is 1. The van der Waals surface area contributed by atoms with Gasteiger partial charge in [0.05, 0.1) is 22.4 Å². The lowest BCUT2D eigenvalue weighted by Gasteiger charge is -2.21. The van der Waals surface area contributed by atoms with Gasteiger partial charge >= 0.3 is 0 Å². The molecule has 2 fully saturated rings. The van der Waals surface area contributed by atoms with Gasteiger partial charge in [-0.3, -0.25) is 4.79 Å². The molecular formula is C11H18N2O3S2. The van der Waals surface area contributed by atoms with E-state index in [1.54, 1.807) is 0 Å². The van der Waals surface area contributed by atoms with Gasteiger partial charge in [0, 0.05) is 12.0 Å². The number of nitrogens with two attached hydrogens (primary N) is 1. The fraction of sp³-hybridized carbons (Fsp3) is 0.818. The molecule has 3 atom stereocenters. The summed E-state index contributed by atoms with van der Waals surface area (Å²) in [5, 5.41) is 2.92. The summed E-state index contributed by atoms with van der Waals surface area (Å²) in [5.41, 5.74) is 5.64. The molecule has 3 N–H and O–H groups in total. The Hall–Kier alpha value is -0.690. The number of thiocarbonyl (C=S) groups is 1. The summed E-state index contributed by atoms with van der Waals surface area (Å²) in [5.74, 6) is -0.411. The van der Waals surface area contributed by atoms with Crippen LogP contribution in [0.4, 0.5) is 0 Å². The second kappa shape index (κ2) is 5.13. The highest BCUT2D eigenvalue weighted by molar-refractivity contribution is 7.91. The van der Waals surface area contributed by atoms with Crippen molar-refractivity contribution >= 4 is 33.0 Å². The molecule has 1 heterocycles. The van der Waals surface area contributed by atoms with Crippen molar-refractivity contribution in [2.45, 2.75) is 31.7 Å². The monoisotopic (exact) mass is 290 g/mol. The van der Waals surface area contributed by atoms with Crippen LogP contribution in [0, 0.1) is 11.8 Å². The highest BCUT2D eigenvalue weighted by atomic mass is 32.2.